The van der Waals surface area contributed by atoms with E-state index in [0.717, 1.165) is 34.8 Å². The fourth-order valence-corrected chi connectivity index (χ4v) is 6.94. The van der Waals surface area contributed by atoms with E-state index in [1.807, 2.05) is 78.8 Å². The number of nitrogens with one attached hydrogen (secondary N) is 2. The van der Waals surface area contributed by atoms with E-state index in [1.54, 1.807) is 38.5 Å². The number of allylic oxidation sites excluding steroid dienone is 1. The Morgan fingerprint density at radius 1 is 0.930 bits per heavy atom. The third-order valence-electron chi connectivity index (χ3n) is 8.01. The van der Waals surface area contributed by atoms with Crippen molar-refractivity contribution in [2.24, 2.45) is 5.92 Å². The smallest absolute Gasteiger partial charge is 0.256 e. The Bertz CT molecular complexity index is 1590. The molecule has 0 saturated carbocycles. The van der Waals surface area contributed by atoms with Gasteiger partial charge in [0.25, 0.3) is 5.91 Å². The lowest BCUT2D eigenvalue weighted by atomic mass is 9.78. The van der Waals surface area contributed by atoms with Crippen molar-refractivity contribution < 1.29 is 19.1 Å². The fraction of sp³-hybridized carbons (Fsp3) is 0.235. The molecule has 3 aromatic carbocycles. The topological polar surface area (TPSA) is 79.9 Å². The molecule has 222 valence electrons. The summed E-state index contributed by atoms with van der Waals surface area (Å²) in [5, 5.41) is 6.31. The number of thioether (sulfide) groups is 1. The summed E-state index contributed by atoms with van der Waals surface area (Å²) >= 11 is 1.89. The molecule has 2 unspecified atom stereocenters. The molecule has 6 rings (SSSR count). The van der Waals surface area contributed by atoms with Gasteiger partial charge in [-0.15, -0.1) is 12.4 Å². The lowest BCUT2D eigenvalue weighted by molar-refractivity contribution is 0.0785. The van der Waals surface area contributed by atoms with E-state index < -0.39 is 0 Å². The number of fused-ring (bicyclic) bond motifs is 3. The van der Waals surface area contributed by atoms with E-state index in [4.69, 9.17) is 9.47 Å². The number of ether oxygens (including phenoxy) is 2. The molecule has 3 aromatic rings. The highest BCUT2D eigenvalue weighted by Crippen LogP contribution is 2.42. The molecule has 0 aromatic heterocycles. The highest BCUT2D eigenvalue weighted by Gasteiger charge is 2.45. The third-order valence-corrected chi connectivity index (χ3v) is 8.98. The van der Waals surface area contributed by atoms with E-state index in [-0.39, 0.29) is 36.1 Å². The second-order valence-corrected chi connectivity index (χ2v) is 11.5. The maximum atomic E-state index is 14.1. The zero-order valence-corrected chi connectivity index (χ0v) is 25.7. The normalized spacial score (nSPS) is 19.3. The van der Waals surface area contributed by atoms with Crippen LogP contribution in [-0.4, -0.2) is 54.9 Å². The van der Waals surface area contributed by atoms with Crippen LogP contribution in [0.25, 0.3) is 11.1 Å². The van der Waals surface area contributed by atoms with Gasteiger partial charge in [-0.05, 0) is 41.5 Å². The summed E-state index contributed by atoms with van der Waals surface area (Å²) in [5.74, 6) is 2.68. The number of methoxy groups -OCH3 is 2. The maximum Gasteiger partial charge on any atom is 0.256 e. The van der Waals surface area contributed by atoms with Gasteiger partial charge in [0.1, 0.15) is 5.76 Å². The zero-order chi connectivity index (χ0) is 29.1. The van der Waals surface area contributed by atoms with E-state index in [0.29, 0.717) is 34.8 Å². The third kappa shape index (κ3) is 6.03. The summed E-state index contributed by atoms with van der Waals surface area (Å²) in [6, 6.07) is 24.4. The SMILES string of the molecule is COC1=C(OC)C2=CNC=C3CSCCN3C2C(C(=O)c2ccc(NC(=O)c3ccccc3-c3ccccc3)cc2)C1.Cl. The van der Waals surface area contributed by atoms with Gasteiger partial charge in [-0.25, -0.2) is 0 Å². The number of carbonyl (C=O) groups excluding carboxylic acids is 2. The standard InChI is InChI=1S/C34H33N3O4S.ClH/c1-40-30-18-28(31-29(33(30)41-2)20-35-19-25-21-42-17-16-37(25)31)32(38)23-12-14-24(15-13-23)36-34(39)27-11-7-6-10-26(27)22-8-4-3-5-9-22;/h3-15,19-20,28,31,35H,16-18,21H2,1-2H3,(H,36,39);1H. The molecular weight excluding hydrogens is 582 g/mol. The minimum Gasteiger partial charge on any atom is -0.497 e. The number of hydrogen-bond donors (Lipinski definition) is 2. The number of carbonyl (C=O) groups is 2. The van der Waals surface area contributed by atoms with Crippen LogP contribution in [0, 0.1) is 5.92 Å². The molecule has 1 fully saturated rings. The molecule has 1 aliphatic carbocycles. The van der Waals surface area contributed by atoms with Gasteiger partial charge in [0.2, 0.25) is 0 Å². The van der Waals surface area contributed by atoms with E-state index >= 15 is 0 Å². The summed E-state index contributed by atoms with van der Waals surface area (Å²) < 4.78 is 11.5. The summed E-state index contributed by atoms with van der Waals surface area (Å²) in [6.45, 7) is 0.846. The molecule has 2 atom stereocenters. The molecule has 1 saturated heterocycles. The lowest BCUT2D eigenvalue weighted by Crippen LogP contribution is -2.49. The van der Waals surface area contributed by atoms with Gasteiger partial charge >= 0.3 is 0 Å². The van der Waals surface area contributed by atoms with Crippen molar-refractivity contribution in [2.75, 3.05) is 37.6 Å². The number of hydrogen-bond acceptors (Lipinski definition) is 7. The first-order valence-corrected chi connectivity index (χ1v) is 15.2. The molecular formula is C34H34ClN3O4S. The van der Waals surface area contributed by atoms with Crippen molar-refractivity contribution in [3.8, 4) is 11.1 Å². The van der Waals surface area contributed by atoms with Crippen LogP contribution in [-0.2, 0) is 9.47 Å². The zero-order valence-electron chi connectivity index (χ0n) is 24.0. The van der Waals surface area contributed by atoms with E-state index in [9.17, 15) is 9.59 Å². The van der Waals surface area contributed by atoms with Gasteiger partial charge in [0.15, 0.2) is 11.5 Å². The van der Waals surface area contributed by atoms with Crippen molar-refractivity contribution in [1.82, 2.24) is 10.2 Å². The van der Waals surface area contributed by atoms with E-state index in [2.05, 4.69) is 15.5 Å². The van der Waals surface area contributed by atoms with Gasteiger partial charge in [0.05, 0.1) is 26.2 Å². The molecule has 2 N–H and O–H groups in total. The quantitative estimate of drug-likeness (QED) is 0.295. The van der Waals surface area contributed by atoms with Crippen LogP contribution >= 0.6 is 24.2 Å². The van der Waals surface area contributed by atoms with Gasteiger partial charge < -0.3 is 25.0 Å². The fourth-order valence-electron chi connectivity index (χ4n) is 6.01. The van der Waals surface area contributed by atoms with Crippen molar-refractivity contribution in [1.29, 1.82) is 0 Å². The summed E-state index contributed by atoms with van der Waals surface area (Å²) in [5.41, 5.74) is 5.73. The summed E-state index contributed by atoms with van der Waals surface area (Å²) in [7, 11) is 3.26. The second kappa shape index (κ2) is 13.4. The van der Waals surface area contributed by atoms with Crippen molar-refractivity contribution in [3.05, 3.63) is 125 Å². The van der Waals surface area contributed by atoms with E-state index in [1.165, 1.54) is 5.70 Å². The number of Topliss-reactive ketones (excluding diaryl/α,β-unsaturated/α-hetero) is 1. The minimum atomic E-state index is -0.366. The first-order valence-electron chi connectivity index (χ1n) is 14.0. The number of amides is 1. The Hall–Kier alpha value is -4.14. The molecule has 7 nitrogen and oxygen atoms in total. The molecule has 0 spiro atoms. The molecule has 0 bridgehead atoms. The van der Waals surface area contributed by atoms with Crippen LogP contribution < -0.4 is 10.6 Å². The summed E-state index contributed by atoms with van der Waals surface area (Å²) in [6.07, 6.45) is 4.39. The molecule has 2 heterocycles. The number of anilines is 1. The Balaban J connectivity index is 0.00000368. The molecule has 2 aliphatic heterocycles. The average Bonchev–Trinajstić information content (AvgIpc) is 3.24. The van der Waals surface area contributed by atoms with Crippen molar-refractivity contribution in [3.63, 3.8) is 0 Å². The largest absolute Gasteiger partial charge is 0.497 e. The summed E-state index contributed by atoms with van der Waals surface area (Å²) in [4.78, 5) is 29.8. The van der Waals surface area contributed by atoms with Crippen molar-refractivity contribution in [2.45, 2.75) is 12.5 Å². The predicted molar refractivity (Wildman–Crippen MR) is 174 cm³/mol. The maximum absolute atomic E-state index is 14.1. The second-order valence-electron chi connectivity index (χ2n) is 10.4. The highest BCUT2D eigenvalue weighted by atomic mass is 35.5. The van der Waals surface area contributed by atoms with Gasteiger partial charge in [-0.3, -0.25) is 9.59 Å². The Labute approximate surface area is 262 Å². The predicted octanol–water partition coefficient (Wildman–Crippen LogP) is 6.48. The van der Waals surface area contributed by atoms with Crippen LogP contribution in [0.1, 0.15) is 27.1 Å². The monoisotopic (exact) mass is 615 g/mol. The first-order chi connectivity index (χ1) is 20.6. The highest BCUT2D eigenvalue weighted by molar-refractivity contribution is 7.99. The lowest BCUT2D eigenvalue weighted by Gasteiger charge is -2.44. The van der Waals surface area contributed by atoms with Gasteiger partial charge in [0, 0.05) is 65.0 Å². The minimum absolute atomic E-state index is 0. The molecule has 1 amide bonds. The number of rotatable bonds is 7. The van der Waals surface area contributed by atoms with Crippen LogP contribution in [0.15, 0.2) is 114 Å². The van der Waals surface area contributed by atoms with Crippen LogP contribution in [0.2, 0.25) is 0 Å². The molecule has 3 aliphatic rings. The van der Waals surface area contributed by atoms with Crippen molar-refractivity contribution >= 4 is 41.5 Å². The number of benzene rings is 3. The number of nitrogens with zero attached hydrogens (tertiary/aromatic N) is 1. The molecule has 0 radical (unpaired) electrons. The number of ketones is 1. The van der Waals surface area contributed by atoms with Crippen LogP contribution in [0.3, 0.4) is 0 Å². The average molecular weight is 616 g/mol. The Morgan fingerprint density at radius 3 is 2.42 bits per heavy atom. The van der Waals surface area contributed by atoms with Gasteiger partial charge in [-0.1, -0.05) is 48.5 Å². The molecule has 43 heavy (non-hydrogen) atoms. The Morgan fingerprint density at radius 2 is 1.67 bits per heavy atom. The Kier molecular flexibility index (Phi) is 9.48. The molecule has 9 heteroatoms. The van der Waals surface area contributed by atoms with Crippen LogP contribution in [0.4, 0.5) is 5.69 Å². The number of halogens is 1. The van der Waals surface area contributed by atoms with Gasteiger partial charge in [-0.2, -0.15) is 11.8 Å². The van der Waals surface area contributed by atoms with Crippen LogP contribution in [0.5, 0.6) is 0 Å². The first kappa shape index (κ1) is 30.3.